The second kappa shape index (κ2) is 9.05. The van der Waals surface area contributed by atoms with E-state index in [1.54, 1.807) is 11.9 Å². The molecule has 1 saturated heterocycles. The van der Waals surface area contributed by atoms with Gasteiger partial charge in [0.2, 0.25) is 5.91 Å². The zero-order valence-electron chi connectivity index (χ0n) is 18.5. The molecule has 0 spiro atoms. The van der Waals surface area contributed by atoms with E-state index in [4.69, 9.17) is 12.2 Å². The van der Waals surface area contributed by atoms with Crippen molar-refractivity contribution in [1.82, 2.24) is 10.2 Å². The molecule has 7 nitrogen and oxygen atoms in total. The Balaban J connectivity index is 1.63. The average Bonchev–Trinajstić information content (AvgIpc) is 3.13. The molecule has 32 heavy (non-hydrogen) atoms. The fraction of sp³-hybridized carbons (Fsp3) is 0.417. The number of nitrogens with one attached hydrogen (secondary N) is 1. The minimum absolute atomic E-state index is 0.0729. The molecule has 8 heteroatoms. The van der Waals surface area contributed by atoms with Crippen LogP contribution in [-0.4, -0.2) is 71.6 Å². The van der Waals surface area contributed by atoms with Crippen LogP contribution in [0.2, 0.25) is 0 Å². The number of carbonyl (C=O) groups excluding carboxylic acids is 1. The van der Waals surface area contributed by atoms with Gasteiger partial charge in [0.15, 0.2) is 5.11 Å². The standard InChI is InChI=1S/C24H30N4O3S/c1-26(2)16-9-11-17(12-10-16)28-21-18(13-19(29)22(30)20(21)25-24(28)32)23(31)27(3)14-15-7-5-4-6-8-15/h4-12,18-22,29-30H,13-14H2,1-3H3,(H,25,32). The highest BCUT2D eigenvalue weighted by Gasteiger charge is 2.54. The van der Waals surface area contributed by atoms with Gasteiger partial charge in [0.25, 0.3) is 0 Å². The molecule has 5 unspecified atom stereocenters. The van der Waals surface area contributed by atoms with Gasteiger partial charge in [0.1, 0.15) is 6.10 Å². The summed E-state index contributed by atoms with van der Waals surface area (Å²) in [6.07, 6.45) is -1.83. The highest BCUT2D eigenvalue weighted by Crippen LogP contribution is 2.38. The molecule has 1 saturated carbocycles. The molecule has 3 N–H and O–H groups in total. The van der Waals surface area contributed by atoms with Gasteiger partial charge in [-0.25, -0.2) is 0 Å². The van der Waals surface area contributed by atoms with Crippen molar-refractivity contribution in [3.8, 4) is 0 Å². The second-order valence-corrected chi connectivity index (χ2v) is 9.21. The topological polar surface area (TPSA) is 79.3 Å². The predicted molar refractivity (Wildman–Crippen MR) is 130 cm³/mol. The molecule has 1 aliphatic heterocycles. The monoisotopic (exact) mass is 454 g/mol. The molecule has 2 aromatic rings. The summed E-state index contributed by atoms with van der Waals surface area (Å²) >= 11 is 5.61. The first-order chi connectivity index (χ1) is 15.3. The molecule has 1 amide bonds. The Hall–Kier alpha value is -2.68. The largest absolute Gasteiger partial charge is 0.390 e. The van der Waals surface area contributed by atoms with E-state index in [1.165, 1.54) is 0 Å². The molecule has 1 aliphatic carbocycles. The summed E-state index contributed by atoms with van der Waals surface area (Å²) in [4.78, 5) is 19.2. The number of nitrogens with zero attached hydrogens (tertiary/aromatic N) is 3. The number of hydrogen-bond acceptors (Lipinski definition) is 5. The Kier molecular flexibility index (Phi) is 6.37. The Labute approximate surface area is 194 Å². The van der Waals surface area contributed by atoms with Gasteiger partial charge in [-0.05, 0) is 48.5 Å². The number of aliphatic hydroxyl groups is 2. The Bertz CT molecular complexity index is 969. The molecule has 2 aliphatic rings. The molecular formula is C24H30N4O3S. The lowest BCUT2D eigenvalue weighted by atomic mass is 9.77. The fourth-order valence-electron chi connectivity index (χ4n) is 4.76. The summed E-state index contributed by atoms with van der Waals surface area (Å²) < 4.78 is 0. The maximum Gasteiger partial charge on any atom is 0.228 e. The van der Waals surface area contributed by atoms with Gasteiger partial charge in [0.05, 0.1) is 24.1 Å². The molecule has 2 fully saturated rings. The zero-order valence-corrected chi connectivity index (χ0v) is 19.4. The van der Waals surface area contributed by atoms with Crippen molar-refractivity contribution in [1.29, 1.82) is 0 Å². The number of thiocarbonyl (C=S) groups is 1. The van der Waals surface area contributed by atoms with Crippen LogP contribution in [0.5, 0.6) is 0 Å². The third-order valence-corrected chi connectivity index (χ3v) is 6.76. The molecular weight excluding hydrogens is 424 g/mol. The number of anilines is 2. The van der Waals surface area contributed by atoms with Gasteiger partial charge in [-0.15, -0.1) is 0 Å². The maximum atomic E-state index is 13.6. The Morgan fingerprint density at radius 2 is 1.75 bits per heavy atom. The van der Waals surface area contributed by atoms with Gasteiger partial charge < -0.3 is 30.2 Å². The van der Waals surface area contributed by atoms with Crippen molar-refractivity contribution in [2.75, 3.05) is 30.9 Å². The van der Waals surface area contributed by atoms with E-state index in [1.807, 2.05) is 78.5 Å². The van der Waals surface area contributed by atoms with E-state index in [0.29, 0.717) is 11.7 Å². The third kappa shape index (κ3) is 4.18. The van der Waals surface area contributed by atoms with Gasteiger partial charge in [-0.2, -0.15) is 0 Å². The molecule has 0 radical (unpaired) electrons. The third-order valence-electron chi connectivity index (χ3n) is 6.45. The molecule has 0 aromatic heterocycles. The first-order valence-electron chi connectivity index (χ1n) is 10.8. The number of aliphatic hydroxyl groups excluding tert-OH is 2. The van der Waals surface area contributed by atoms with Crippen molar-refractivity contribution in [2.45, 2.75) is 37.3 Å². The van der Waals surface area contributed by atoms with Crippen LogP contribution in [0.1, 0.15) is 12.0 Å². The van der Waals surface area contributed by atoms with Crippen LogP contribution in [-0.2, 0) is 11.3 Å². The SMILES string of the molecule is CN(Cc1ccccc1)C(=O)C1CC(O)C(O)C2NC(=S)N(c3ccc(N(C)C)cc3)C12. The van der Waals surface area contributed by atoms with Crippen LogP contribution in [0.25, 0.3) is 0 Å². The van der Waals surface area contributed by atoms with E-state index in [-0.39, 0.29) is 12.3 Å². The number of amides is 1. The number of hydrogen-bond donors (Lipinski definition) is 3. The van der Waals surface area contributed by atoms with Crippen molar-refractivity contribution >= 4 is 34.6 Å². The molecule has 1 heterocycles. The zero-order chi connectivity index (χ0) is 23.0. The second-order valence-electron chi connectivity index (χ2n) is 8.83. The highest BCUT2D eigenvalue weighted by molar-refractivity contribution is 7.80. The van der Waals surface area contributed by atoms with Crippen LogP contribution in [0, 0.1) is 5.92 Å². The molecule has 5 atom stereocenters. The van der Waals surface area contributed by atoms with E-state index in [0.717, 1.165) is 16.9 Å². The lowest BCUT2D eigenvalue weighted by Gasteiger charge is -2.42. The van der Waals surface area contributed by atoms with Crippen molar-refractivity contribution in [2.24, 2.45) is 5.92 Å². The van der Waals surface area contributed by atoms with Gasteiger partial charge in [-0.3, -0.25) is 4.79 Å². The van der Waals surface area contributed by atoms with Gasteiger partial charge in [0, 0.05) is 39.1 Å². The van der Waals surface area contributed by atoms with Crippen molar-refractivity contribution in [3.05, 3.63) is 60.2 Å². The summed E-state index contributed by atoms with van der Waals surface area (Å²) in [7, 11) is 5.73. The smallest absolute Gasteiger partial charge is 0.228 e. The van der Waals surface area contributed by atoms with Crippen LogP contribution in [0.4, 0.5) is 11.4 Å². The predicted octanol–water partition coefficient (Wildman–Crippen LogP) is 1.58. The van der Waals surface area contributed by atoms with Gasteiger partial charge >= 0.3 is 0 Å². The molecule has 170 valence electrons. The fourth-order valence-corrected chi connectivity index (χ4v) is 5.12. The van der Waals surface area contributed by atoms with E-state index in [2.05, 4.69) is 5.32 Å². The van der Waals surface area contributed by atoms with Crippen LogP contribution in [0.15, 0.2) is 54.6 Å². The lowest BCUT2D eigenvalue weighted by molar-refractivity contribution is -0.141. The summed E-state index contributed by atoms with van der Waals surface area (Å²) in [6, 6.07) is 16.8. The quantitative estimate of drug-likeness (QED) is 0.592. The first-order valence-corrected chi connectivity index (χ1v) is 11.2. The minimum Gasteiger partial charge on any atom is -0.390 e. The number of carbonyl (C=O) groups is 1. The lowest BCUT2D eigenvalue weighted by Crippen LogP contribution is -2.61. The minimum atomic E-state index is -1.01. The van der Waals surface area contributed by atoms with E-state index >= 15 is 0 Å². The summed E-state index contributed by atoms with van der Waals surface area (Å²) in [5.74, 6) is -0.593. The molecule has 0 bridgehead atoms. The van der Waals surface area contributed by atoms with Crippen molar-refractivity contribution < 1.29 is 15.0 Å². The van der Waals surface area contributed by atoms with Crippen LogP contribution >= 0.6 is 12.2 Å². The van der Waals surface area contributed by atoms with Crippen molar-refractivity contribution in [3.63, 3.8) is 0 Å². The number of rotatable bonds is 5. The van der Waals surface area contributed by atoms with Gasteiger partial charge in [-0.1, -0.05) is 30.3 Å². The number of fused-ring (bicyclic) bond motifs is 1. The summed E-state index contributed by atoms with van der Waals surface area (Å²) in [5.41, 5.74) is 2.94. The molecule has 2 aromatic carbocycles. The summed E-state index contributed by atoms with van der Waals surface area (Å²) in [5, 5.41) is 24.8. The highest BCUT2D eigenvalue weighted by atomic mass is 32.1. The van der Waals surface area contributed by atoms with Crippen LogP contribution < -0.4 is 15.1 Å². The first kappa shape index (κ1) is 22.5. The Morgan fingerprint density at radius 3 is 2.38 bits per heavy atom. The van der Waals surface area contributed by atoms with E-state index in [9.17, 15) is 15.0 Å². The number of benzene rings is 2. The normalized spacial score (nSPS) is 27.0. The summed E-state index contributed by atoms with van der Waals surface area (Å²) in [6.45, 7) is 0.474. The van der Waals surface area contributed by atoms with Crippen LogP contribution in [0.3, 0.4) is 0 Å². The molecule has 4 rings (SSSR count). The average molecular weight is 455 g/mol. The Morgan fingerprint density at radius 1 is 1.09 bits per heavy atom. The van der Waals surface area contributed by atoms with E-state index < -0.39 is 30.2 Å². The maximum absolute atomic E-state index is 13.6.